The van der Waals surface area contributed by atoms with Crippen molar-refractivity contribution >= 4 is 23.1 Å². The molecule has 0 saturated carbocycles. The van der Waals surface area contributed by atoms with Gasteiger partial charge in [0.1, 0.15) is 17.3 Å². The van der Waals surface area contributed by atoms with Crippen molar-refractivity contribution < 1.29 is 14.3 Å². The number of carbonyl (C=O) groups is 1. The summed E-state index contributed by atoms with van der Waals surface area (Å²) >= 11 is 0. The van der Waals surface area contributed by atoms with Gasteiger partial charge in [-0.25, -0.2) is 14.4 Å². The normalized spacial score (nSPS) is 10.5. The highest BCUT2D eigenvalue weighted by atomic mass is 19.1. The quantitative estimate of drug-likeness (QED) is 0.279. The molecule has 5 rings (SSSR count). The summed E-state index contributed by atoms with van der Waals surface area (Å²) in [5.74, 6) is 0.564. The monoisotopic (exact) mass is 470 g/mol. The largest absolute Gasteiger partial charge is 0.508 e. The van der Waals surface area contributed by atoms with Crippen LogP contribution in [0.4, 0.5) is 10.1 Å². The van der Waals surface area contributed by atoms with E-state index < -0.39 is 0 Å². The Labute approximate surface area is 200 Å². The first kappa shape index (κ1) is 23.5. The fourth-order valence-corrected chi connectivity index (χ4v) is 3.41. The number of fused-ring (bicyclic) bond motifs is 1. The van der Waals surface area contributed by atoms with Crippen LogP contribution in [0, 0.1) is 12.7 Å². The smallest absolute Gasteiger partial charge is 0.211 e. The van der Waals surface area contributed by atoms with Crippen molar-refractivity contribution in [2.45, 2.75) is 13.5 Å². The predicted octanol–water partition coefficient (Wildman–Crippen LogP) is 4.55. The van der Waals surface area contributed by atoms with E-state index in [0.717, 1.165) is 22.2 Å². The number of aryl methyl sites for hydroxylation is 1. The van der Waals surface area contributed by atoms with E-state index >= 15 is 0 Å². The first-order valence-electron chi connectivity index (χ1n) is 10.7. The third-order valence-corrected chi connectivity index (χ3v) is 5.12. The number of imidazole rings is 1. The lowest BCUT2D eigenvalue weighted by Crippen LogP contribution is -2.05. The molecule has 0 aliphatic rings. The highest BCUT2D eigenvalue weighted by Crippen LogP contribution is 2.26. The number of nitrogens with two attached hydrogens (primary N) is 1. The van der Waals surface area contributed by atoms with Gasteiger partial charge in [-0.2, -0.15) is 0 Å². The van der Waals surface area contributed by atoms with Crippen molar-refractivity contribution in [2.24, 2.45) is 5.73 Å². The zero-order valence-corrected chi connectivity index (χ0v) is 18.9. The van der Waals surface area contributed by atoms with Crippen molar-refractivity contribution in [2.75, 3.05) is 5.32 Å². The second kappa shape index (κ2) is 10.5. The van der Waals surface area contributed by atoms with Crippen LogP contribution in [0.2, 0.25) is 0 Å². The molecule has 9 heteroatoms. The first-order valence-corrected chi connectivity index (χ1v) is 10.7. The van der Waals surface area contributed by atoms with Gasteiger partial charge in [0.05, 0.1) is 28.6 Å². The van der Waals surface area contributed by atoms with Crippen LogP contribution in [-0.4, -0.2) is 31.5 Å². The third kappa shape index (κ3) is 5.66. The number of hydrogen-bond donors (Lipinski definition) is 4. The molecule has 0 unspecified atom stereocenters. The molecular weight excluding hydrogens is 447 g/mol. The van der Waals surface area contributed by atoms with Gasteiger partial charge >= 0.3 is 0 Å². The molecule has 0 atom stereocenters. The second-order valence-electron chi connectivity index (χ2n) is 7.68. The van der Waals surface area contributed by atoms with Crippen LogP contribution in [-0.2, 0) is 11.3 Å². The summed E-state index contributed by atoms with van der Waals surface area (Å²) in [5, 5.41) is 12.1. The SMILES string of the molecule is Cc1cccc(F)c1.NCc1ncc(-c2ccc(O)cc2)nc1-c1nc2ccc(NC=O)cc2[nH]1. The number of hydrogen-bond acceptors (Lipinski definition) is 6. The molecule has 0 saturated heterocycles. The average molecular weight is 471 g/mol. The van der Waals surface area contributed by atoms with Crippen molar-refractivity contribution in [1.29, 1.82) is 0 Å². The summed E-state index contributed by atoms with van der Waals surface area (Å²) in [7, 11) is 0. The maximum atomic E-state index is 12.2. The minimum Gasteiger partial charge on any atom is -0.508 e. The Balaban J connectivity index is 0.000000308. The number of nitrogens with one attached hydrogen (secondary N) is 2. The van der Waals surface area contributed by atoms with E-state index in [4.69, 9.17) is 5.73 Å². The maximum absolute atomic E-state index is 12.2. The van der Waals surface area contributed by atoms with E-state index in [1.807, 2.05) is 13.0 Å². The molecule has 0 radical (unpaired) electrons. The molecule has 5 N–H and O–H groups in total. The number of aromatic amines is 1. The summed E-state index contributed by atoms with van der Waals surface area (Å²) in [5.41, 5.74) is 11.6. The topological polar surface area (TPSA) is 130 Å². The van der Waals surface area contributed by atoms with Gasteiger partial charge in [-0.15, -0.1) is 0 Å². The van der Waals surface area contributed by atoms with Crippen molar-refractivity contribution in [3.05, 3.63) is 90.0 Å². The predicted molar refractivity (Wildman–Crippen MR) is 133 cm³/mol. The molecule has 35 heavy (non-hydrogen) atoms. The van der Waals surface area contributed by atoms with Gasteiger partial charge in [0.2, 0.25) is 6.41 Å². The van der Waals surface area contributed by atoms with E-state index in [2.05, 4.69) is 25.3 Å². The maximum Gasteiger partial charge on any atom is 0.211 e. The Hall–Kier alpha value is -4.63. The number of phenolic OH excluding ortho intramolecular Hbond substituents is 1. The minimum atomic E-state index is -0.162. The first-order chi connectivity index (χ1) is 17.0. The van der Waals surface area contributed by atoms with Crippen LogP contribution < -0.4 is 11.1 Å². The molecule has 1 amide bonds. The number of aromatic hydroxyl groups is 1. The van der Waals surface area contributed by atoms with Crippen molar-refractivity contribution in [1.82, 2.24) is 19.9 Å². The minimum absolute atomic E-state index is 0.162. The highest BCUT2D eigenvalue weighted by molar-refractivity contribution is 5.85. The van der Waals surface area contributed by atoms with Crippen molar-refractivity contribution in [3.8, 4) is 28.5 Å². The summed E-state index contributed by atoms with van der Waals surface area (Å²) in [6, 6.07) is 18.6. The van der Waals surface area contributed by atoms with Crippen LogP contribution in [0.3, 0.4) is 0 Å². The van der Waals surface area contributed by atoms with Crippen LogP contribution in [0.1, 0.15) is 11.3 Å². The lowest BCUT2D eigenvalue weighted by Gasteiger charge is -2.07. The summed E-state index contributed by atoms with van der Waals surface area (Å²) < 4.78 is 12.2. The van der Waals surface area contributed by atoms with Gasteiger partial charge in [-0.05, 0) is 67.1 Å². The third-order valence-electron chi connectivity index (χ3n) is 5.12. The second-order valence-corrected chi connectivity index (χ2v) is 7.68. The number of aromatic nitrogens is 4. The number of nitrogens with zero attached hydrogens (tertiary/aromatic N) is 3. The molecular formula is C26H23FN6O2. The number of H-pyrrole nitrogens is 1. The Bertz CT molecular complexity index is 1450. The molecule has 3 aromatic carbocycles. The fraction of sp³-hybridized carbons (Fsp3) is 0.0769. The van der Waals surface area contributed by atoms with Gasteiger partial charge in [-0.1, -0.05) is 12.1 Å². The van der Waals surface area contributed by atoms with E-state index in [0.29, 0.717) is 35.0 Å². The van der Waals surface area contributed by atoms with Gasteiger partial charge in [-0.3, -0.25) is 9.78 Å². The molecule has 8 nitrogen and oxygen atoms in total. The zero-order valence-electron chi connectivity index (χ0n) is 18.9. The van der Waals surface area contributed by atoms with E-state index in [1.165, 1.54) is 12.1 Å². The Kier molecular flexibility index (Phi) is 7.08. The average Bonchev–Trinajstić information content (AvgIpc) is 3.28. The van der Waals surface area contributed by atoms with Gasteiger partial charge in [0, 0.05) is 17.8 Å². The van der Waals surface area contributed by atoms with Crippen LogP contribution in [0.5, 0.6) is 5.75 Å². The summed E-state index contributed by atoms with van der Waals surface area (Å²) in [6.45, 7) is 2.08. The number of phenols is 1. The molecule has 0 fully saturated rings. The zero-order chi connectivity index (χ0) is 24.8. The number of anilines is 1. The standard InChI is InChI=1S/C19H16N6O2.C7H7F/c20-8-16-18(23-17(9-21-16)11-1-4-13(27)5-2-11)19-24-14-6-3-12(22-10-26)7-15(14)25-19;1-6-3-2-4-7(8)5-6/h1-7,9-10,27H,8,20H2,(H,22,26)(H,24,25);2-5H,1H3. The van der Waals surface area contributed by atoms with Crippen LogP contribution >= 0.6 is 0 Å². The highest BCUT2D eigenvalue weighted by Gasteiger charge is 2.14. The lowest BCUT2D eigenvalue weighted by molar-refractivity contribution is -0.105. The van der Waals surface area contributed by atoms with Crippen LogP contribution in [0.15, 0.2) is 72.9 Å². The molecule has 0 bridgehead atoms. The summed E-state index contributed by atoms with van der Waals surface area (Å²) in [4.78, 5) is 27.5. The van der Waals surface area contributed by atoms with Crippen LogP contribution in [0.25, 0.3) is 33.8 Å². The number of benzene rings is 3. The number of carbonyl (C=O) groups excluding carboxylic acids is 1. The van der Waals surface area contributed by atoms with Gasteiger partial charge < -0.3 is 21.1 Å². The molecule has 2 aromatic heterocycles. The molecule has 0 spiro atoms. The lowest BCUT2D eigenvalue weighted by atomic mass is 10.1. The number of halogens is 1. The van der Waals surface area contributed by atoms with Gasteiger partial charge in [0.25, 0.3) is 0 Å². The summed E-state index contributed by atoms with van der Waals surface area (Å²) in [6.07, 6.45) is 2.27. The van der Waals surface area contributed by atoms with E-state index in [1.54, 1.807) is 54.7 Å². The van der Waals surface area contributed by atoms with E-state index in [9.17, 15) is 14.3 Å². The Morgan fingerprint density at radius 3 is 2.54 bits per heavy atom. The molecule has 0 aliphatic carbocycles. The Morgan fingerprint density at radius 2 is 1.89 bits per heavy atom. The molecule has 2 heterocycles. The molecule has 176 valence electrons. The van der Waals surface area contributed by atoms with Crippen molar-refractivity contribution in [3.63, 3.8) is 0 Å². The fourth-order valence-electron chi connectivity index (χ4n) is 3.41. The number of amides is 1. The van der Waals surface area contributed by atoms with Gasteiger partial charge in [0.15, 0.2) is 5.82 Å². The number of rotatable bonds is 5. The Morgan fingerprint density at radius 1 is 1.09 bits per heavy atom. The van der Waals surface area contributed by atoms with E-state index in [-0.39, 0.29) is 18.1 Å². The molecule has 5 aromatic rings. The molecule has 0 aliphatic heterocycles.